The number of ether oxygens (including phenoxy) is 2. The van der Waals surface area contributed by atoms with E-state index in [1.54, 1.807) is 19.2 Å². The zero-order chi connectivity index (χ0) is 17.8. The predicted molar refractivity (Wildman–Crippen MR) is 89.3 cm³/mol. The average Bonchev–Trinajstić information content (AvgIpc) is 3.33. The fourth-order valence-electron chi connectivity index (χ4n) is 2.18. The van der Waals surface area contributed by atoms with Crippen LogP contribution in [0, 0.1) is 12.8 Å². The number of nitrogens with zero attached hydrogens (tertiary/aromatic N) is 1. The first-order chi connectivity index (χ1) is 12.0. The second-order valence-electron chi connectivity index (χ2n) is 5.87. The summed E-state index contributed by atoms with van der Waals surface area (Å²) in [5, 5.41) is 2.69. The van der Waals surface area contributed by atoms with Gasteiger partial charge in [-0.15, -0.1) is 11.3 Å². The zero-order valence-corrected chi connectivity index (χ0v) is 14.4. The van der Waals surface area contributed by atoms with Crippen LogP contribution in [-0.2, 0) is 6.54 Å². The number of rotatable bonds is 8. The van der Waals surface area contributed by atoms with Crippen molar-refractivity contribution in [1.82, 2.24) is 10.3 Å². The molecule has 134 valence electrons. The summed E-state index contributed by atoms with van der Waals surface area (Å²) in [4.78, 5) is 17.3. The zero-order valence-electron chi connectivity index (χ0n) is 13.6. The van der Waals surface area contributed by atoms with Crippen molar-refractivity contribution in [2.24, 2.45) is 5.92 Å². The van der Waals surface area contributed by atoms with Gasteiger partial charge in [-0.3, -0.25) is 4.79 Å². The van der Waals surface area contributed by atoms with Crippen LogP contribution in [0.15, 0.2) is 24.4 Å². The second kappa shape index (κ2) is 7.77. The summed E-state index contributed by atoms with van der Waals surface area (Å²) in [5.74, 6) is 0.655. The lowest BCUT2D eigenvalue weighted by atomic mass is 10.3. The Morgan fingerprint density at radius 1 is 1.44 bits per heavy atom. The molecule has 1 fully saturated rings. The maximum absolute atomic E-state index is 12.4. The van der Waals surface area contributed by atoms with E-state index in [2.05, 4.69) is 15.0 Å². The molecular formula is C17H18F2N2O3S. The van der Waals surface area contributed by atoms with Crippen molar-refractivity contribution in [2.45, 2.75) is 32.9 Å². The fraction of sp³-hybridized carbons (Fsp3) is 0.412. The quantitative estimate of drug-likeness (QED) is 0.770. The molecule has 0 aliphatic heterocycles. The highest BCUT2D eigenvalue weighted by molar-refractivity contribution is 7.14. The predicted octanol–water partition coefficient (Wildman–Crippen LogP) is 3.77. The van der Waals surface area contributed by atoms with Gasteiger partial charge in [0.1, 0.15) is 10.6 Å². The lowest BCUT2D eigenvalue weighted by molar-refractivity contribution is -0.0498. The molecule has 0 atom stereocenters. The molecule has 2 aromatic rings. The van der Waals surface area contributed by atoms with Crippen molar-refractivity contribution in [3.63, 3.8) is 0 Å². The van der Waals surface area contributed by atoms with Crippen LogP contribution in [0.5, 0.6) is 11.6 Å². The number of pyridine rings is 1. The van der Waals surface area contributed by atoms with Gasteiger partial charge in [-0.05, 0) is 37.3 Å². The van der Waals surface area contributed by atoms with Crippen LogP contribution in [0.25, 0.3) is 0 Å². The second-order valence-corrected chi connectivity index (χ2v) is 7.13. The minimum absolute atomic E-state index is 0.100. The van der Waals surface area contributed by atoms with Crippen LogP contribution in [-0.4, -0.2) is 24.1 Å². The van der Waals surface area contributed by atoms with Gasteiger partial charge in [-0.1, -0.05) is 6.07 Å². The molecule has 8 heteroatoms. The van der Waals surface area contributed by atoms with E-state index in [4.69, 9.17) is 4.74 Å². The third-order valence-electron chi connectivity index (χ3n) is 3.66. The van der Waals surface area contributed by atoms with Gasteiger partial charge in [-0.25, -0.2) is 4.98 Å². The Morgan fingerprint density at radius 2 is 2.24 bits per heavy atom. The van der Waals surface area contributed by atoms with E-state index in [-0.39, 0.29) is 17.2 Å². The van der Waals surface area contributed by atoms with E-state index in [1.807, 2.05) is 6.07 Å². The normalized spacial score (nSPS) is 13.8. The van der Waals surface area contributed by atoms with Gasteiger partial charge in [0.15, 0.2) is 0 Å². The van der Waals surface area contributed by atoms with E-state index in [0.29, 0.717) is 18.4 Å². The molecule has 0 unspecified atom stereocenters. The van der Waals surface area contributed by atoms with Crippen molar-refractivity contribution in [3.05, 3.63) is 39.7 Å². The molecule has 5 nitrogen and oxygen atoms in total. The van der Waals surface area contributed by atoms with Crippen LogP contribution in [0.3, 0.4) is 0 Å². The van der Waals surface area contributed by atoms with E-state index in [9.17, 15) is 13.6 Å². The third-order valence-corrected chi connectivity index (χ3v) is 4.69. The number of carbonyl (C=O) groups excluding carboxylic acids is 1. The first-order valence-electron chi connectivity index (χ1n) is 7.92. The van der Waals surface area contributed by atoms with Crippen molar-refractivity contribution < 1.29 is 23.0 Å². The number of amides is 1. The summed E-state index contributed by atoms with van der Waals surface area (Å²) < 4.78 is 34.8. The molecular weight excluding hydrogens is 350 g/mol. The molecule has 1 N–H and O–H groups in total. The smallest absolute Gasteiger partial charge is 0.387 e. The highest BCUT2D eigenvalue weighted by Crippen LogP contribution is 2.30. The molecule has 1 aliphatic rings. The van der Waals surface area contributed by atoms with E-state index >= 15 is 0 Å². The Labute approximate surface area is 148 Å². The van der Waals surface area contributed by atoms with E-state index < -0.39 is 12.5 Å². The minimum Gasteiger partial charge on any atom is -0.477 e. The van der Waals surface area contributed by atoms with Gasteiger partial charge in [0.25, 0.3) is 5.91 Å². The average molecular weight is 368 g/mol. The van der Waals surface area contributed by atoms with Crippen molar-refractivity contribution >= 4 is 17.2 Å². The summed E-state index contributed by atoms with van der Waals surface area (Å²) in [6.45, 7) is -0.314. The van der Waals surface area contributed by atoms with Crippen LogP contribution >= 0.6 is 11.3 Å². The Hall–Kier alpha value is -2.22. The summed E-state index contributed by atoms with van der Waals surface area (Å²) in [5.41, 5.74) is 0.789. The lowest BCUT2D eigenvalue weighted by Crippen LogP contribution is -2.22. The molecule has 0 aromatic carbocycles. The maximum atomic E-state index is 12.4. The number of alkyl halides is 2. The number of aromatic nitrogens is 1. The monoisotopic (exact) mass is 368 g/mol. The molecule has 0 bridgehead atoms. The third kappa shape index (κ3) is 5.12. The van der Waals surface area contributed by atoms with Crippen molar-refractivity contribution in [2.75, 3.05) is 6.61 Å². The number of nitrogens with one attached hydrogen (secondary N) is 1. The standard InChI is InChI=1S/C17H18F2N2O3S/c1-10-6-13(24-17(18)19)15(25-10)16(22)21-8-12-4-5-14(20-7-12)23-9-11-2-3-11/h4-7,11,17H,2-3,8-9H2,1H3,(H,21,22). The Morgan fingerprint density at radius 3 is 2.88 bits per heavy atom. The SMILES string of the molecule is Cc1cc(OC(F)F)c(C(=O)NCc2ccc(OCC3CC3)nc2)s1. The minimum atomic E-state index is -2.96. The topological polar surface area (TPSA) is 60.5 Å². The first-order valence-corrected chi connectivity index (χ1v) is 8.74. The molecule has 0 spiro atoms. The summed E-state index contributed by atoms with van der Waals surface area (Å²) in [6, 6.07) is 5.00. The van der Waals surface area contributed by atoms with Crippen LogP contribution in [0.4, 0.5) is 8.78 Å². The lowest BCUT2D eigenvalue weighted by Gasteiger charge is -2.08. The van der Waals surface area contributed by atoms with Gasteiger partial charge in [0.05, 0.1) is 6.61 Å². The summed E-state index contributed by atoms with van der Waals surface area (Å²) in [7, 11) is 0. The van der Waals surface area contributed by atoms with Crippen LogP contribution in [0.1, 0.15) is 33.0 Å². The molecule has 1 saturated carbocycles. The molecule has 1 aliphatic carbocycles. The number of aryl methyl sites for hydroxylation is 1. The van der Waals surface area contributed by atoms with Gasteiger partial charge < -0.3 is 14.8 Å². The number of thiophene rings is 1. The fourth-order valence-corrected chi connectivity index (χ4v) is 3.04. The molecule has 2 aromatic heterocycles. The largest absolute Gasteiger partial charge is 0.477 e. The van der Waals surface area contributed by atoms with Gasteiger partial charge in [-0.2, -0.15) is 8.78 Å². The Kier molecular flexibility index (Phi) is 5.47. The Balaban J connectivity index is 1.54. The maximum Gasteiger partial charge on any atom is 0.387 e. The molecule has 0 radical (unpaired) electrons. The number of halogens is 2. The number of hydrogen-bond acceptors (Lipinski definition) is 5. The molecule has 0 saturated heterocycles. The molecule has 3 rings (SSSR count). The van der Waals surface area contributed by atoms with Crippen LogP contribution in [0.2, 0.25) is 0 Å². The van der Waals surface area contributed by atoms with Crippen LogP contribution < -0.4 is 14.8 Å². The van der Waals surface area contributed by atoms with Gasteiger partial charge >= 0.3 is 6.61 Å². The van der Waals surface area contributed by atoms with Crippen molar-refractivity contribution in [1.29, 1.82) is 0 Å². The highest BCUT2D eigenvalue weighted by atomic mass is 32.1. The molecule has 2 heterocycles. The van der Waals surface area contributed by atoms with Gasteiger partial charge in [0, 0.05) is 23.7 Å². The molecule has 1 amide bonds. The summed E-state index contributed by atoms with van der Waals surface area (Å²) in [6.07, 6.45) is 4.05. The van der Waals surface area contributed by atoms with Gasteiger partial charge in [0.2, 0.25) is 5.88 Å². The first kappa shape index (κ1) is 17.6. The number of carbonyl (C=O) groups is 1. The van der Waals surface area contributed by atoms with Crippen molar-refractivity contribution in [3.8, 4) is 11.6 Å². The summed E-state index contributed by atoms with van der Waals surface area (Å²) >= 11 is 1.11. The molecule has 25 heavy (non-hydrogen) atoms. The highest BCUT2D eigenvalue weighted by Gasteiger charge is 2.22. The van der Waals surface area contributed by atoms with E-state index in [0.717, 1.165) is 21.8 Å². The Bertz CT molecular complexity index is 730. The van der Waals surface area contributed by atoms with E-state index in [1.165, 1.54) is 18.9 Å². The number of hydrogen-bond donors (Lipinski definition) is 1.